The summed E-state index contributed by atoms with van der Waals surface area (Å²) in [6, 6.07) is 6.83. The molecule has 0 saturated heterocycles. The van der Waals surface area contributed by atoms with Crippen molar-refractivity contribution in [3.63, 3.8) is 0 Å². The van der Waals surface area contributed by atoms with E-state index in [1.807, 2.05) is 13.0 Å². The van der Waals surface area contributed by atoms with Crippen LogP contribution in [0.1, 0.15) is 40.3 Å². The van der Waals surface area contributed by atoms with Gasteiger partial charge >= 0.3 is 5.97 Å². The maximum absolute atomic E-state index is 11.8. The molecule has 0 spiro atoms. The molecule has 1 aromatic heterocycles. The van der Waals surface area contributed by atoms with Gasteiger partial charge in [-0.3, -0.25) is 4.79 Å². The van der Waals surface area contributed by atoms with Gasteiger partial charge in [0.1, 0.15) is 22.8 Å². The van der Waals surface area contributed by atoms with Crippen molar-refractivity contribution in [3.8, 4) is 5.75 Å². The van der Waals surface area contributed by atoms with Crippen LogP contribution in [0.15, 0.2) is 28.7 Å². The molecule has 134 valence electrons. The van der Waals surface area contributed by atoms with Crippen LogP contribution >= 0.6 is 11.6 Å². The van der Waals surface area contributed by atoms with Gasteiger partial charge < -0.3 is 19.6 Å². The van der Waals surface area contributed by atoms with Crippen LogP contribution in [0.3, 0.4) is 0 Å². The lowest BCUT2D eigenvalue weighted by Gasteiger charge is -2.08. The van der Waals surface area contributed by atoms with E-state index in [1.165, 1.54) is 6.07 Å². The largest absolute Gasteiger partial charge is 0.494 e. The summed E-state index contributed by atoms with van der Waals surface area (Å²) in [7, 11) is 0. The van der Waals surface area contributed by atoms with Gasteiger partial charge in [-0.05, 0) is 50.1 Å². The molecule has 0 radical (unpaired) electrons. The maximum atomic E-state index is 11.8. The number of hydrogen-bond donors (Lipinski definition) is 2. The molecule has 1 amide bonds. The highest BCUT2D eigenvalue weighted by atomic mass is 35.5. The minimum absolute atomic E-state index is 0.107. The summed E-state index contributed by atoms with van der Waals surface area (Å²) in [5.74, 6) is 0.254. The summed E-state index contributed by atoms with van der Waals surface area (Å²) in [5.41, 5.74) is 1.04. The van der Waals surface area contributed by atoms with Crippen LogP contribution in [0.25, 0.3) is 0 Å². The highest BCUT2D eigenvalue weighted by Crippen LogP contribution is 2.21. The molecule has 25 heavy (non-hydrogen) atoms. The lowest BCUT2D eigenvalue weighted by atomic mass is 10.2. The highest BCUT2D eigenvalue weighted by Gasteiger charge is 2.14. The van der Waals surface area contributed by atoms with Crippen molar-refractivity contribution in [2.75, 3.05) is 6.61 Å². The number of aromatic carboxylic acids is 1. The van der Waals surface area contributed by atoms with Crippen LogP contribution in [-0.4, -0.2) is 23.6 Å². The number of carbonyl (C=O) groups excluding carboxylic acids is 1. The number of carboxylic acid groups (broad SMARTS) is 1. The van der Waals surface area contributed by atoms with E-state index in [2.05, 4.69) is 5.32 Å². The molecule has 2 N–H and O–H groups in total. The fraction of sp³-hybridized carbons (Fsp3) is 0.333. The fourth-order valence-corrected chi connectivity index (χ4v) is 2.36. The fourth-order valence-electron chi connectivity index (χ4n) is 2.25. The lowest BCUT2D eigenvalue weighted by molar-refractivity contribution is -0.121. The first-order chi connectivity index (χ1) is 11.9. The average Bonchev–Trinajstić information content (AvgIpc) is 2.94. The van der Waals surface area contributed by atoms with E-state index in [4.69, 9.17) is 25.9 Å². The van der Waals surface area contributed by atoms with Gasteiger partial charge in [-0.2, -0.15) is 0 Å². The number of carbonyl (C=O) groups is 2. The smallest absolute Gasteiger partial charge is 0.339 e. The number of furan rings is 1. The molecule has 0 bridgehead atoms. The van der Waals surface area contributed by atoms with Gasteiger partial charge in [-0.25, -0.2) is 4.79 Å². The summed E-state index contributed by atoms with van der Waals surface area (Å²) in [5, 5.41) is 12.3. The third kappa shape index (κ3) is 5.53. The van der Waals surface area contributed by atoms with E-state index < -0.39 is 5.97 Å². The van der Waals surface area contributed by atoms with E-state index in [0.29, 0.717) is 36.0 Å². The van der Waals surface area contributed by atoms with E-state index in [0.717, 1.165) is 11.3 Å². The molecule has 1 heterocycles. The van der Waals surface area contributed by atoms with Gasteiger partial charge in [0.2, 0.25) is 5.91 Å². The Morgan fingerprint density at radius 2 is 2.04 bits per heavy atom. The second-order valence-corrected chi connectivity index (χ2v) is 6.03. The molecule has 2 aromatic rings. The van der Waals surface area contributed by atoms with Crippen LogP contribution < -0.4 is 10.1 Å². The SMILES string of the molecule is Cc1cc(OCCCC(=O)NCc2cc(C(=O)O)c(C)o2)ccc1Cl. The van der Waals surface area contributed by atoms with Crippen molar-refractivity contribution < 1.29 is 23.8 Å². The standard InChI is InChI=1S/C18H20ClNO5/c1-11-8-13(5-6-16(11)19)24-7-3-4-17(21)20-10-14-9-15(18(22)23)12(2)25-14/h5-6,8-9H,3-4,7,10H2,1-2H3,(H,20,21)(H,22,23). The molecule has 1 aromatic carbocycles. The third-order valence-electron chi connectivity index (χ3n) is 3.61. The van der Waals surface area contributed by atoms with Gasteiger partial charge in [0.25, 0.3) is 0 Å². The minimum atomic E-state index is -1.05. The summed E-state index contributed by atoms with van der Waals surface area (Å²) in [4.78, 5) is 22.7. The number of carboxylic acids is 1. The van der Waals surface area contributed by atoms with Gasteiger partial charge in [0, 0.05) is 11.4 Å². The Morgan fingerprint density at radius 1 is 1.28 bits per heavy atom. The van der Waals surface area contributed by atoms with Gasteiger partial charge in [-0.1, -0.05) is 11.6 Å². The van der Waals surface area contributed by atoms with Crippen molar-refractivity contribution in [1.29, 1.82) is 0 Å². The summed E-state index contributed by atoms with van der Waals surface area (Å²) in [6.07, 6.45) is 0.864. The molecule has 0 atom stereocenters. The Kier molecular flexibility index (Phi) is 6.47. The van der Waals surface area contributed by atoms with E-state index in [1.54, 1.807) is 19.1 Å². The molecular formula is C18H20ClNO5. The van der Waals surface area contributed by atoms with E-state index in [9.17, 15) is 9.59 Å². The molecule has 2 rings (SSSR count). The Morgan fingerprint density at radius 3 is 2.68 bits per heavy atom. The third-order valence-corrected chi connectivity index (χ3v) is 4.03. The van der Waals surface area contributed by atoms with Crippen molar-refractivity contribution in [2.45, 2.75) is 33.2 Å². The molecule has 0 fully saturated rings. The van der Waals surface area contributed by atoms with Crippen molar-refractivity contribution >= 4 is 23.5 Å². The second kappa shape index (κ2) is 8.58. The quantitative estimate of drug-likeness (QED) is 0.696. The predicted molar refractivity (Wildman–Crippen MR) is 93.2 cm³/mol. The van der Waals surface area contributed by atoms with Crippen LogP contribution in [0.4, 0.5) is 0 Å². The van der Waals surface area contributed by atoms with Gasteiger partial charge in [0.15, 0.2) is 0 Å². The normalized spacial score (nSPS) is 10.5. The number of halogens is 1. The zero-order valence-corrected chi connectivity index (χ0v) is 14.9. The molecule has 0 aliphatic heterocycles. The second-order valence-electron chi connectivity index (χ2n) is 5.63. The zero-order valence-electron chi connectivity index (χ0n) is 14.1. The number of nitrogens with one attached hydrogen (secondary N) is 1. The lowest BCUT2D eigenvalue weighted by Crippen LogP contribution is -2.22. The number of hydrogen-bond acceptors (Lipinski definition) is 4. The van der Waals surface area contributed by atoms with E-state index >= 15 is 0 Å². The van der Waals surface area contributed by atoms with Crippen molar-refractivity contribution in [3.05, 3.63) is 51.9 Å². The number of aryl methyl sites for hydroxylation is 2. The van der Waals surface area contributed by atoms with Gasteiger partial charge in [0.05, 0.1) is 13.2 Å². The Labute approximate surface area is 150 Å². The maximum Gasteiger partial charge on any atom is 0.339 e. The summed E-state index contributed by atoms with van der Waals surface area (Å²) in [6.45, 7) is 4.04. The molecule has 7 heteroatoms. The van der Waals surface area contributed by atoms with Gasteiger partial charge in [-0.15, -0.1) is 0 Å². The molecule has 6 nitrogen and oxygen atoms in total. The average molecular weight is 366 g/mol. The molecule has 0 aliphatic rings. The Balaban J connectivity index is 1.69. The predicted octanol–water partition coefficient (Wildman–Crippen LogP) is 3.72. The van der Waals surface area contributed by atoms with E-state index in [-0.39, 0.29) is 18.0 Å². The number of amides is 1. The van der Waals surface area contributed by atoms with Crippen LogP contribution in [-0.2, 0) is 11.3 Å². The molecular weight excluding hydrogens is 346 g/mol. The molecule has 0 aliphatic carbocycles. The summed E-state index contributed by atoms with van der Waals surface area (Å²) >= 11 is 5.95. The Bertz CT molecular complexity index is 769. The molecule has 0 unspecified atom stereocenters. The topological polar surface area (TPSA) is 88.8 Å². The zero-order chi connectivity index (χ0) is 18.4. The minimum Gasteiger partial charge on any atom is -0.494 e. The number of ether oxygens (including phenoxy) is 1. The van der Waals surface area contributed by atoms with Crippen LogP contribution in [0.2, 0.25) is 5.02 Å². The number of rotatable bonds is 8. The van der Waals surface area contributed by atoms with Crippen LogP contribution in [0, 0.1) is 13.8 Å². The first-order valence-electron chi connectivity index (χ1n) is 7.85. The number of benzene rings is 1. The first-order valence-corrected chi connectivity index (χ1v) is 8.23. The highest BCUT2D eigenvalue weighted by molar-refractivity contribution is 6.31. The summed E-state index contributed by atoms with van der Waals surface area (Å²) < 4.78 is 10.9. The Hall–Kier alpha value is -2.47. The van der Waals surface area contributed by atoms with Crippen LogP contribution in [0.5, 0.6) is 5.75 Å². The molecule has 0 saturated carbocycles. The van der Waals surface area contributed by atoms with Crippen molar-refractivity contribution in [1.82, 2.24) is 5.32 Å². The first kappa shape index (κ1) is 18.9. The van der Waals surface area contributed by atoms with Crippen molar-refractivity contribution in [2.24, 2.45) is 0 Å². The monoisotopic (exact) mass is 365 g/mol.